The summed E-state index contributed by atoms with van der Waals surface area (Å²) in [5, 5.41) is 3.11. The minimum absolute atomic E-state index is 0.149. The van der Waals surface area contributed by atoms with Crippen molar-refractivity contribution >= 4 is 5.97 Å². The molecule has 3 unspecified atom stereocenters. The quantitative estimate of drug-likeness (QED) is 0.711. The third-order valence-electron chi connectivity index (χ3n) is 4.55. The second-order valence-corrected chi connectivity index (χ2v) is 6.12. The number of hydrogen-bond donors (Lipinski definition) is 1. The fourth-order valence-electron chi connectivity index (χ4n) is 3.16. The zero-order valence-corrected chi connectivity index (χ0v) is 13.0. The molecule has 116 valence electrons. The third kappa shape index (κ3) is 3.71. The van der Waals surface area contributed by atoms with Crippen LogP contribution in [-0.4, -0.2) is 61.9 Å². The Kier molecular flexibility index (Phi) is 5.41. The van der Waals surface area contributed by atoms with Gasteiger partial charge in [0, 0.05) is 13.1 Å². The van der Waals surface area contributed by atoms with Crippen LogP contribution in [0.2, 0.25) is 0 Å². The van der Waals surface area contributed by atoms with E-state index in [0.29, 0.717) is 18.8 Å². The molecule has 0 aromatic rings. The van der Waals surface area contributed by atoms with E-state index in [1.54, 1.807) is 0 Å². The van der Waals surface area contributed by atoms with Crippen molar-refractivity contribution in [1.29, 1.82) is 0 Å². The van der Waals surface area contributed by atoms with E-state index in [4.69, 9.17) is 9.47 Å². The minimum Gasteiger partial charge on any atom is -0.465 e. The lowest BCUT2D eigenvalue weighted by Crippen LogP contribution is -2.49. The number of likely N-dealkylation sites (tertiary alicyclic amines) is 1. The highest BCUT2D eigenvalue weighted by Gasteiger charge is 2.35. The van der Waals surface area contributed by atoms with E-state index in [-0.39, 0.29) is 5.97 Å². The number of likely N-dealkylation sites (N-methyl/N-ethyl adjacent to an activating group) is 1. The SMILES string of the molecule is CCOC(=O)C(C)(CCCN1CC2CCC(C1)O2)NC. The topological polar surface area (TPSA) is 50.8 Å². The van der Waals surface area contributed by atoms with Crippen LogP contribution in [0.4, 0.5) is 0 Å². The Bertz CT molecular complexity index is 325. The molecule has 2 fully saturated rings. The molecule has 0 radical (unpaired) electrons. The van der Waals surface area contributed by atoms with E-state index in [0.717, 1.165) is 32.5 Å². The molecule has 0 aromatic carbocycles. The van der Waals surface area contributed by atoms with Gasteiger partial charge in [0.15, 0.2) is 0 Å². The summed E-state index contributed by atoms with van der Waals surface area (Å²) in [6.45, 7) is 7.33. The smallest absolute Gasteiger partial charge is 0.326 e. The van der Waals surface area contributed by atoms with Gasteiger partial charge in [-0.05, 0) is 53.1 Å². The van der Waals surface area contributed by atoms with Gasteiger partial charge in [0.05, 0.1) is 18.8 Å². The van der Waals surface area contributed by atoms with Gasteiger partial charge in [-0.3, -0.25) is 9.69 Å². The number of fused-ring (bicyclic) bond motifs is 2. The number of carbonyl (C=O) groups excluding carboxylic acids is 1. The molecule has 2 aliphatic rings. The Morgan fingerprint density at radius 1 is 1.40 bits per heavy atom. The van der Waals surface area contributed by atoms with E-state index in [1.807, 2.05) is 20.9 Å². The summed E-state index contributed by atoms with van der Waals surface area (Å²) >= 11 is 0. The van der Waals surface area contributed by atoms with Gasteiger partial charge >= 0.3 is 5.97 Å². The first-order chi connectivity index (χ1) is 9.57. The number of ether oxygens (including phenoxy) is 2. The lowest BCUT2D eigenvalue weighted by atomic mass is 9.96. The van der Waals surface area contributed by atoms with Crippen molar-refractivity contribution in [3.8, 4) is 0 Å². The van der Waals surface area contributed by atoms with Crippen molar-refractivity contribution in [2.45, 2.75) is 57.3 Å². The number of nitrogens with zero attached hydrogens (tertiary/aromatic N) is 1. The molecule has 0 aliphatic carbocycles. The van der Waals surface area contributed by atoms with Crippen molar-refractivity contribution in [2.75, 3.05) is 33.3 Å². The van der Waals surface area contributed by atoms with E-state index in [2.05, 4.69) is 10.2 Å². The van der Waals surface area contributed by atoms with Gasteiger partial charge in [-0.25, -0.2) is 0 Å². The monoisotopic (exact) mass is 284 g/mol. The molecule has 3 atom stereocenters. The Balaban J connectivity index is 1.75. The van der Waals surface area contributed by atoms with Crippen LogP contribution in [0.3, 0.4) is 0 Å². The summed E-state index contributed by atoms with van der Waals surface area (Å²) in [6.07, 6.45) is 5.09. The zero-order valence-electron chi connectivity index (χ0n) is 13.0. The van der Waals surface area contributed by atoms with Crippen LogP contribution < -0.4 is 5.32 Å². The molecule has 2 bridgehead atoms. The van der Waals surface area contributed by atoms with E-state index < -0.39 is 5.54 Å². The molecule has 0 spiro atoms. The standard InChI is InChI=1S/C15H28N2O3/c1-4-19-14(18)15(2,16-3)8-5-9-17-10-12-6-7-13(11-17)20-12/h12-13,16H,4-11H2,1-3H3. The molecule has 0 saturated carbocycles. The molecule has 2 saturated heterocycles. The normalized spacial score (nSPS) is 29.1. The highest BCUT2D eigenvalue weighted by Crippen LogP contribution is 2.26. The maximum atomic E-state index is 12.0. The zero-order chi connectivity index (χ0) is 14.6. The Hall–Kier alpha value is -0.650. The summed E-state index contributed by atoms with van der Waals surface area (Å²) < 4.78 is 11.0. The second-order valence-electron chi connectivity index (χ2n) is 6.12. The van der Waals surface area contributed by atoms with Crippen LogP contribution in [0.25, 0.3) is 0 Å². The minimum atomic E-state index is -0.568. The van der Waals surface area contributed by atoms with Crippen molar-refractivity contribution < 1.29 is 14.3 Å². The maximum Gasteiger partial charge on any atom is 0.326 e. The molecule has 2 rings (SSSR count). The Labute approximate surface area is 122 Å². The van der Waals surface area contributed by atoms with Gasteiger partial charge in [-0.2, -0.15) is 0 Å². The molecule has 5 heteroatoms. The number of nitrogens with one attached hydrogen (secondary N) is 1. The van der Waals surface area contributed by atoms with E-state index in [9.17, 15) is 4.79 Å². The highest BCUT2D eigenvalue weighted by atomic mass is 16.5. The van der Waals surface area contributed by atoms with Gasteiger partial charge in [0.1, 0.15) is 5.54 Å². The van der Waals surface area contributed by atoms with Crippen LogP contribution in [0, 0.1) is 0 Å². The summed E-state index contributed by atoms with van der Waals surface area (Å²) in [5.41, 5.74) is -0.568. The first-order valence-electron chi connectivity index (χ1n) is 7.81. The van der Waals surface area contributed by atoms with Gasteiger partial charge in [0.25, 0.3) is 0 Å². The molecule has 5 nitrogen and oxygen atoms in total. The average Bonchev–Trinajstić information content (AvgIpc) is 2.78. The number of carbonyl (C=O) groups is 1. The van der Waals surface area contributed by atoms with E-state index >= 15 is 0 Å². The molecule has 0 amide bonds. The van der Waals surface area contributed by atoms with Crippen LogP contribution in [0.15, 0.2) is 0 Å². The first-order valence-corrected chi connectivity index (χ1v) is 7.81. The predicted molar refractivity (Wildman–Crippen MR) is 77.7 cm³/mol. The fraction of sp³-hybridized carbons (Fsp3) is 0.933. The number of rotatable bonds is 7. The van der Waals surface area contributed by atoms with E-state index in [1.165, 1.54) is 12.8 Å². The lowest BCUT2D eigenvalue weighted by Gasteiger charge is -2.33. The van der Waals surface area contributed by atoms with Gasteiger partial charge in [0.2, 0.25) is 0 Å². The third-order valence-corrected chi connectivity index (χ3v) is 4.55. The molecule has 1 N–H and O–H groups in total. The van der Waals surface area contributed by atoms with Crippen LogP contribution in [0.5, 0.6) is 0 Å². The lowest BCUT2D eigenvalue weighted by molar-refractivity contribution is -0.150. The molecule has 2 aliphatic heterocycles. The second kappa shape index (κ2) is 6.87. The first kappa shape index (κ1) is 15.7. The van der Waals surface area contributed by atoms with Gasteiger partial charge in [-0.15, -0.1) is 0 Å². The van der Waals surface area contributed by atoms with Gasteiger partial charge < -0.3 is 14.8 Å². The summed E-state index contributed by atoms with van der Waals surface area (Å²) in [7, 11) is 1.83. The largest absolute Gasteiger partial charge is 0.465 e. The molecular weight excluding hydrogens is 256 g/mol. The van der Waals surface area contributed by atoms with Crippen molar-refractivity contribution in [3.63, 3.8) is 0 Å². The Morgan fingerprint density at radius 3 is 2.60 bits per heavy atom. The molecule has 2 heterocycles. The van der Waals surface area contributed by atoms with Crippen LogP contribution in [0.1, 0.15) is 39.5 Å². The predicted octanol–water partition coefficient (Wildman–Crippen LogP) is 1.17. The summed E-state index contributed by atoms with van der Waals surface area (Å²) in [5.74, 6) is -0.149. The summed E-state index contributed by atoms with van der Waals surface area (Å²) in [4.78, 5) is 14.5. The molecule has 0 aromatic heterocycles. The number of esters is 1. The summed E-state index contributed by atoms with van der Waals surface area (Å²) in [6, 6.07) is 0. The fourth-order valence-corrected chi connectivity index (χ4v) is 3.16. The van der Waals surface area contributed by atoms with Crippen molar-refractivity contribution in [2.24, 2.45) is 0 Å². The number of hydrogen-bond acceptors (Lipinski definition) is 5. The molecule has 20 heavy (non-hydrogen) atoms. The Morgan fingerprint density at radius 2 is 2.05 bits per heavy atom. The average molecular weight is 284 g/mol. The van der Waals surface area contributed by atoms with Crippen LogP contribution >= 0.6 is 0 Å². The van der Waals surface area contributed by atoms with Crippen molar-refractivity contribution in [3.05, 3.63) is 0 Å². The molecular formula is C15H28N2O3. The maximum absolute atomic E-state index is 12.0. The number of morpholine rings is 1. The van der Waals surface area contributed by atoms with Crippen molar-refractivity contribution in [1.82, 2.24) is 10.2 Å². The highest BCUT2D eigenvalue weighted by molar-refractivity contribution is 5.80. The van der Waals surface area contributed by atoms with Crippen LogP contribution in [-0.2, 0) is 14.3 Å². The van der Waals surface area contributed by atoms with Gasteiger partial charge in [-0.1, -0.05) is 0 Å².